The van der Waals surface area contributed by atoms with Crippen molar-refractivity contribution >= 4 is 22.5 Å². The summed E-state index contributed by atoms with van der Waals surface area (Å²) in [4.78, 5) is 30.7. The smallest absolute Gasteiger partial charge is 0.303 e. The van der Waals surface area contributed by atoms with Crippen LogP contribution in [0.4, 0.5) is 0 Å². The van der Waals surface area contributed by atoms with E-state index in [-0.39, 0.29) is 12.0 Å². The zero-order chi connectivity index (χ0) is 17.4. The summed E-state index contributed by atoms with van der Waals surface area (Å²) in [5, 5.41) is 8.91. The number of fused-ring (bicyclic) bond motifs is 3. The number of hydrogen-bond donors (Lipinski definition) is 2. The van der Waals surface area contributed by atoms with Gasteiger partial charge in [-0.2, -0.15) is 0 Å². The van der Waals surface area contributed by atoms with Gasteiger partial charge in [0.25, 0.3) is 5.56 Å². The SMILES string of the molecule is O=C(O)CCc1ccc2[nH]c(=O)c3cnc(C4CCCCC4)n3c2c1. The van der Waals surface area contributed by atoms with Crippen molar-refractivity contribution in [1.82, 2.24) is 14.4 Å². The van der Waals surface area contributed by atoms with Crippen molar-refractivity contribution < 1.29 is 9.90 Å². The zero-order valence-corrected chi connectivity index (χ0v) is 14.0. The fourth-order valence-electron chi connectivity index (χ4n) is 3.89. The highest BCUT2D eigenvalue weighted by Gasteiger charge is 2.22. The van der Waals surface area contributed by atoms with Crippen LogP contribution >= 0.6 is 0 Å². The van der Waals surface area contributed by atoms with Crippen LogP contribution in [-0.4, -0.2) is 25.4 Å². The number of aromatic nitrogens is 3. The molecule has 0 unspecified atom stereocenters. The molecule has 0 spiro atoms. The van der Waals surface area contributed by atoms with Crippen LogP contribution in [0.15, 0.2) is 29.2 Å². The summed E-state index contributed by atoms with van der Waals surface area (Å²) >= 11 is 0. The van der Waals surface area contributed by atoms with Crippen LogP contribution in [-0.2, 0) is 11.2 Å². The van der Waals surface area contributed by atoms with E-state index < -0.39 is 5.97 Å². The number of carbonyl (C=O) groups is 1. The van der Waals surface area contributed by atoms with Crippen LogP contribution in [0.5, 0.6) is 0 Å². The second kappa shape index (κ2) is 6.35. The lowest BCUT2D eigenvalue weighted by Gasteiger charge is -2.21. The number of hydrogen-bond acceptors (Lipinski definition) is 3. The Bertz CT molecular complexity index is 996. The molecule has 0 aliphatic heterocycles. The van der Waals surface area contributed by atoms with Crippen molar-refractivity contribution in [3.63, 3.8) is 0 Å². The number of aromatic amines is 1. The van der Waals surface area contributed by atoms with Gasteiger partial charge < -0.3 is 10.1 Å². The summed E-state index contributed by atoms with van der Waals surface area (Å²) in [6.07, 6.45) is 8.09. The molecule has 1 fully saturated rings. The quantitative estimate of drug-likeness (QED) is 0.764. The Morgan fingerprint density at radius 3 is 2.80 bits per heavy atom. The van der Waals surface area contributed by atoms with E-state index in [1.54, 1.807) is 6.20 Å². The summed E-state index contributed by atoms with van der Waals surface area (Å²) in [5.41, 5.74) is 3.03. The van der Waals surface area contributed by atoms with Crippen molar-refractivity contribution in [3.05, 3.63) is 46.1 Å². The van der Waals surface area contributed by atoms with Crippen molar-refractivity contribution in [2.24, 2.45) is 0 Å². The van der Waals surface area contributed by atoms with E-state index in [4.69, 9.17) is 5.11 Å². The molecule has 0 bridgehead atoms. The van der Waals surface area contributed by atoms with E-state index >= 15 is 0 Å². The lowest BCUT2D eigenvalue weighted by atomic mass is 9.88. The molecule has 1 saturated carbocycles. The molecule has 6 nitrogen and oxygen atoms in total. The number of imidazole rings is 1. The number of rotatable bonds is 4. The van der Waals surface area contributed by atoms with Gasteiger partial charge in [0.1, 0.15) is 11.3 Å². The molecule has 0 amide bonds. The first-order chi connectivity index (χ1) is 12.1. The Kier molecular flexibility index (Phi) is 4.03. The van der Waals surface area contributed by atoms with E-state index in [0.717, 1.165) is 35.3 Å². The summed E-state index contributed by atoms with van der Waals surface area (Å²) in [6.45, 7) is 0. The highest BCUT2D eigenvalue weighted by atomic mass is 16.4. The molecule has 1 aliphatic carbocycles. The summed E-state index contributed by atoms with van der Waals surface area (Å²) in [6, 6.07) is 5.72. The van der Waals surface area contributed by atoms with Crippen LogP contribution in [0.1, 0.15) is 55.8 Å². The van der Waals surface area contributed by atoms with Crippen LogP contribution in [0.3, 0.4) is 0 Å². The topological polar surface area (TPSA) is 87.5 Å². The summed E-state index contributed by atoms with van der Waals surface area (Å²) in [7, 11) is 0. The van der Waals surface area contributed by atoms with Crippen molar-refractivity contribution in [2.75, 3.05) is 0 Å². The predicted octanol–water partition coefficient (Wildman–Crippen LogP) is 3.24. The number of aryl methyl sites for hydroxylation is 1. The molecule has 2 aromatic heterocycles. The molecule has 4 rings (SSSR count). The highest BCUT2D eigenvalue weighted by molar-refractivity contribution is 5.79. The van der Waals surface area contributed by atoms with Crippen LogP contribution in [0.25, 0.3) is 16.6 Å². The first-order valence-electron chi connectivity index (χ1n) is 8.87. The second-order valence-electron chi connectivity index (χ2n) is 6.87. The molecule has 6 heteroatoms. The third kappa shape index (κ3) is 2.92. The van der Waals surface area contributed by atoms with E-state index in [2.05, 4.69) is 9.97 Å². The van der Waals surface area contributed by atoms with Gasteiger partial charge in [0.15, 0.2) is 0 Å². The third-order valence-electron chi connectivity index (χ3n) is 5.17. The zero-order valence-electron chi connectivity index (χ0n) is 14.0. The van der Waals surface area contributed by atoms with Crippen LogP contribution in [0, 0.1) is 0 Å². The van der Waals surface area contributed by atoms with Gasteiger partial charge in [-0.05, 0) is 37.0 Å². The standard InChI is InChI=1S/C19H21N3O3/c23-17(24)9-7-12-6-8-14-15(10-12)22-16(19(25)21-14)11-20-18(22)13-4-2-1-3-5-13/h6,8,10-11,13H,1-5,7,9H2,(H,21,25)(H,23,24). The Labute approximate surface area is 144 Å². The van der Waals surface area contributed by atoms with Gasteiger partial charge in [-0.1, -0.05) is 25.3 Å². The van der Waals surface area contributed by atoms with Gasteiger partial charge >= 0.3 is 5.97 Å². The van der Waals surface area contributed by atoms with Gasteiger partial charge in [0.2, 0.25) is 0 Å². The molecule has 2 N–H and O–H groups in total. The monoisotopic (exact) mass is 339 g/mol. The number of H-pyrrole nitrogens is 1. The normalized spacial score (nSPS) is 15.8. The van der Waals surface area contributed by atoms with Crippen molar-refractivity contribution in [1.29, 1.82) is 0 Å². The molecule has 130 valence electrons. The number of carboxylic acid groups (broad SMARTS) is 1. The number of nitrogens with one attached hydrogen (secondary N) is 1. The maximum Gasteiger partial charge on any atom is 0.303 e. The molecule has 0 saturated heterocycles. The molecular formula is C19H21N3O3. The molecule has 3 aromatic rings. The van der Waals surface area contributed by atoms with Crippen molar-refractivity contribution in [3.8, 4) is 0 Å². The average molecular weight is 339 g/mol. The average Bonchev–Trinajstić information content (AvgIpc) is 3.07. The predicted molar refractivity (Wildman–Crippen MR) is 95.1 cm³/mol. The van der Waals surface area contributed by atoms with Gasteiger partial charge in [0, 0.05) is 12.3 Å². The van der Waals surface area contributed by atoms with Gasteiger partial charge in [-0.25, -0.2) is 4.98 Å². The summed E-state index contributed by atoms with van der Waals surface area (Å²) in [5.74, 6) is 0.530. The molecule has 1 aromatic carbocycles. The highest BCUT2D eigenvalue weighted by Crippen LogP contribution is 2.33. The van der Waals surface area contributed by atoms with E-state index in [0.29, 0.717) is 17.9 Å². The second-order valence-corrected chi connectivity index (χ2v) is 6.87. The minimum absolute atomic E-state index is 0.0947. The van der Waals surface area contributed by atoms with E-state index in [1.165, 1.54) is 19.3 Å². The Morgan fingerprint density at radius 1 is 1.24 bits per heavy atom. The van der Waals surface area contributed by atoms with E-state index in [1.807, 2.05) is 22.6 Å². The van der Waals surface area contributed by atoms with Gasteiger partial charge in [0.05, 0.1) is 17.2 Å². The Morgan fingerprint density at radius 2 is 2.04 bits per heavy atom. The summed E-state index contributed by atoms with van der Waals surface area (Å²) < 4.78 is 1.98. The number of benzene rings is 1. The van der Waals surface area contributed by atoms with Crippen LogP contribution in [0.2, 0.25) is 0 Å². The first kappa shape index (κ1) is 15.9. The fraction of sp³-hybridized carbons (Fsp3) is 0.421. The van der Waals surface area contributed by atoms with Gasteiger partial charge in [-0.3, -0.25) is 14.0 Å². The lowest BCUT2D eigenvalue weighted by Crippen LogP contribution is -2.14. The number of carboxylic acids is 1. The Hall–Kier alpha value is -2.63. The third-order valence-corrected chi connectivity index (χ3v) is 5.17. The molecular weight excluding hydrogens is 318 g/mol. The fourth-order valence-corrected chi connectivity index (χ4v) is 3.89. The molecule has 0 radical (unpaired) electrons. The minimum Gasteiger partial charge on any atom is -0.481 e. The van der Waals surface area contributed by atoms with Gasteiger partial charge in [-0.15, -0.1) is 0 Å². The Balaban J connectivity index is 1.89. The lowest BCUT2D eigenvalue weighted by molar-refractivity contribution is -0.136. The maximum atomic E-state index is 12.4. The molecule has 25 heavy (non-hydrogen) atoms. The molecule has 1 aliphatic rings. The minimum atomic E-state index is -0.808. The van der Waals surface area contributed by atoms with Crippen LogP contribution < -0.4 is 5.56 Å². The van der Waals surface area contributed by atoms with E-state index in [9.17, 15) is 9.59 Å². The molecule has 2 heterocycles. The maximum absolute atomic E-state index is 12.4. The van der Waals surface area contributed by atoms with Crippen molar-refractivity contribution in [2.45, 2.75) is 50.9 Å². The number of nitrogens with zero attached hydrogens (tertiary/aromatic N) is 2. The first-order valence-corrected chi connectivity index (χ1v) is 8.87. The largest absolute Gasteiger partial charge is 0.481 e. The number of aliphatic carboxylic acids is 1. The molecule has 0 atom stereocenters.